The van der Waals surface area contributed by atoms with Gasteiger partial charge >= 0.3 is 0 Å². The minimum absolute atomic E-state index is 0. The van der Waals surface area contributed by atoms with Crippen molar-refractivity contribution in [3.63, 3.8) is 0 Å². The highest BCUT2D eigenvalue weighted by atomic mass is 127. The van der Waals surface area contributed by atoms with Gasteiger partial charge in [-0.1, -0.05) is 0 Å². The van der Waals surface area contributed by atoms with E-state index in [9.17, 15) is 4.39 Å². The van der Waals surface area contributed by atoms with Gasteiger partial charge in [0.2, 0.25) is 0 Å². The number of hydrogen-bond acceptors (Lipinski definition) is 3. The monoisotopic (exact) mass is 468 g/mol. The van der Waals surface area contributed by atoms with E-state index in [1.165, 1.54) is 12.1 Å². The van der Waals surface area contributed by atoms with Crippen LogP contribution >= 0.6 is 35.7 Å². The smallest absolute Gasteiger partial charge is 0.191 e. The molecule has 0 saturated heterocycles. The standard InChI is InChI=1S/C17H29FN4S.HI/c1-17(2,3)22-12-11-21-16(19-4)20-10-5-13-23-15-8-6-14(18)7-9-15;/h6-9,22H,5,10-13H2,1-4H3,(H2,19,20,21);1H. The molecule has 24 heavy (non-hydrogen) atoms. The molecule has 0 unspecified atom stereocenters. The maximum absolute atomic E-state index is 12.8. The lowest BCUT2D eigenvalue weighted by atomic mass is 10.1. The number of nitrogens with one attached hydrogen (secondary N) is 3. The van der Waals surface area contributed by atoms with E-state index in [2.05, 4.69) is 41.7 Å². The first kappa shape index (κ1) is 23.5. The van der Waals surface area contributed by atoms with Gasteiger partial charge in [-0.25, -0.2) is 4.39 Å². The molecule has 0 saturated carbocycles. The fourth-order valence-corrected chi connectivity index (χ4v) is 2.69. The highest BCUT2D eigenvalue weighted by molar-refractivity contribution is 14.0. The minimum atomic E-state index is -0.188. The van der Waals surface area contributed by atoms with Crippen LogP contribution in [0.25, 0.3) is 0 Å². The van der Waals surface area contributed by atoms with Crippen LogP contribution in [0.2, 0.25) is 0 Å². The van der Waals surface area contributed by atoms with Crippen LogP contribution in [-0.2, 0) is 0 Å². The Hall–Kier alpha value is -0.540. The molecule has 1 aromatic rings. The Kier molecular flexibility index (Phi) is 12.5. The van der Waals surface area contributed by atoms with Crippen molar-refractivity contribution in [3.05, 3.63) is 30.1 Å². The Morgan fingerprint density at radius 2 is 1.71 bits per heavy atom. The third-order valence-electron chi connectivity index (χ3n) is 2.99. The second kappa shape index (κ2) is 12.8. The minimum Gasteiger partial charge on any atom is -0.356 e. The molecule has 0 heterocycles. The lowest BCUT2D eigenvalue weighted by Gasteiger charge is -2.21. The zero-order chi connectivity index (χ0) is 17.1. The van der Waals surface area contributed by atoms with E-state index in [-0.39, 0.29) is 35.3 Å². The molecule has 0 fully saturated rings. The van der Waals surface area contributed by atoms with Crippen molar-refractivity contribution in [1.82, 2.24) is 16.0 Å². The molecule has 4 nitrogen and oxygen atoms in total. The van der Waals surface area contributed by atoms with Gasteiger partial charge < -0.3 is 16.0 Å². The van der Waals surface area contributed by atoms with Gasteiger partial charge in [0.05, 0.1) is 0 Å². The van der Waals surface area contributed by atoms with E-state index >= 15 is 0 Å². The zero-order valence-electron chi connectivity index (χ0n) is 15.0. The summed E-state index contributed by atoms with van der Waals surface area (Å²) in [7, 11) is 1.78. The Balaban J connectivity index is 0.00000529. The van der Waals surface area contributed by atoms with Crippen molar-refractivity contribution < 1.29 is 4.39 Å². The molecule has 7 heteroatoms. The van der Waals surface area contributed by atoms with Gasteiger partial charge in [0, 0.05) is 37.1 Å². The van der Waals surface area contributed by atoms with E-state index in [4.69, 9.17) is 0 Å². The summed E-state index contributed by atoms with van der Waals surface area (Å²) in [5.74, 6) is 1.63. The topological polar surface area (TPSA) is 48.5 Å². The lowest BCUT2D eigenvalue weighted by molar-refractivity contribution is 0.428. The fraction of sp³-hybridized carbons (Fsp3) is 0.588. The Bertz CT molecular complexity index is 474. The molecule has 0 bridgehead atoms. The Morgan fingerprint density at radius 1 is 1.08 bits per heavy atom. The first-order chi connectivity index (χ1) is 10.9. The van der Waals surface area contributed by atoms with Crippen molar-refractivity contribution in [2.24, 2.45) is 4.99 Å². The van der Waals surface area contributed by atoms with Crippen molar-refractivity contribution in [3.8, 4) is 0 Å². The third-order valence-corrected chi connectivity index (χ3v) is 4.09. The molecule has 0 aliphatic heterocycles. The van der Waals surface area contributed by atoms with Crippen LogP contribution in [0.3, 0.4) is 0 Å². The molecule has 1 aromatic carbocycles. The number of guanidine groups is 1. The summed E-state index contributed by atoms with van der Waals surface area (Å²) in [6.07, 6.45) is 1.02. The number of nitrogens with zero attached hydrogens (tertiary/aromatic N) is 1. The average Bonchev–Trinajstić information content (AvgIpc) is 2.50. The maximum atomic E-state index is 12.8. The summed E-state index contributed by atoms with van der Waals surface area (Å²) in [5.41, 5.74) is 0.135. The summed E-state index contributed by atoms with van der Waals surface area (Å²) in [6, 6.07) is 6.63. The van der Waals surface area contributed by atoms with Crippen LogP contribution in [0.1, 0.15) is 27.2 Å². The van der Waals surface area contributed by atoms with Crippen molar-refractivity contribution in [2.75, 3.05) is 32.4 Å². The van der Waals surface area contributed by atoms with Crippen LogP contribution in [-0.4, -0.2) is 43.9 Å². The fourth-order valence-electron chi connectivity index (χ4n) is 1.84. The number of aliphatic imine (C=N–C) groups is 1. The van der Waals surface area contributed by atoms with E-state index in [1.807, 2.05) is 12.1 Å². The lowest BCUT2D eigenvalue weighted by Crippen LogP contribution is -2.44. The maximum Gasteiger partial charge on any atom is 0.191 e. The first-order valence-corrected chi connectivity index (χ1v) is 8.97. The van der Waals surface area contributed by atoms with E-state index in [0.717, 1.165) is 42.7 Å². The molecule has 0 spiro atoms. The molecule has 0 aliphatic rings. The van der Waals surface area contributed by atoms with Crippen LogP contribution in [0.15, 0.2) is 34.2 Å². The van der Waals surface area contributed by atoms with Gasteiger partial charge in [-0.15, -0.1) is 35.7 Å². The van der Waals surface area contributed by atoms with Gasteiger partial charge in [0.1, 0.15) is 5.82 Å². The van der Waals surface area contributed by atoms with Gasteiger partial charge in [-0.05, 0) is 57.2 Å². The van der Waals surface area contributed by atoms with Crippen LogP contribution in [0, 0.1) is 5.82 Å². The quantitative estimate of drug-likeness (QED) is 0.180. The Morgan fingerprint density at radius 3 is 2.29 bits per heavy atom. The van der Waals surface area contributed by atoms with Crippen molar-refractivity contribution in [1.29, 1.82) is 0 Å². The largest absolute Gasteiger partial charge is 0.356 e. The zero-order valence-corrected chi connectivity index (χ0v) is 18.1. The summed E-state index contributed by atoms with van der Waals surface area (Å²) >= 11 is 1.74. The highest BCUT2D eigenvalue weighted by Crippen LogP contribution is 2.18. The molecule has 0 amide bonds. The third kappa shape index (κ3) is 11.9. The first-order valence-electron chi connectivity index (χ1n) is 7.98. The number of benzene rings is 1. The molecule has 0 aliphatic carbocycles. The van der Waals surface area contributed by atoms with E-state index in [1.54, 1.807) is 18.8 Å². The van der Waals surface area contributed by atoms with Gasteiger partial charge in [0.15, 0.2) is 5.96 Å². The summed E-state index contributed by atoms with van der Waals surface area (Å²) in [4.78, 5) is 5.30. The van der Waals surface area contributed by atoms with Gasteiger partial charge in [0.25, 0.3) is 0 Å². The molecule has 1 rings (SSSR count). The van der Waals surface area contributed by atoms with Gasteiger partial charge in [-0.3, -0.25) is 4.99 Å². The number of thioether (sulfide) groups is 1. The molecule has 3 N–H and O–H groups in total. The number of hydrogen-bond donors (Lipinski definition) is 3. The van der Waals surface area contributed by atoms with Crippen molar-refractivity contribution in [2.45, 2.75) is 37.6 Å². The highest BCUT2D eigenvalue weighted by Gasteiger charge is 2.07. The Labute approximate surface area is 166 Å². The van der Waals surface area contributed by atoms with E-state index in [0.29, 0.717) is 0 Å². The number of rotatable bonds is 8. The normalized spacial score (nSPS) is 11.8. The van der Waals surface area contributed by atoms with Crippen LogP contribution in [0.5, 0.6) is 0 Å². The predicted molar refractivity (Wildman–Crippen MR) is 114 cm³/mol. The molecule has 0 radical (unpaired) electrons. The van der Waals surface area contributed by atoms with Crippen LogP contribution < -0.4 is 16.0 Å². The summed E-state index contributed by atoms with van der Waals surface area (Å²) < 4.78 is 12.8. The number of halogens is 2. The summed E-state index contributed by atoms with van der Waals surface area (Å²) in [6.45, 7) is 9.04. The summed E-state index contributed by atoms with van der Waals surface area (Å²) in [5, 5.41) is 10.0. The molecule has 0 atom stereocenters. The predicted octanol–water partition coefficient (Wildman–Crippen LogP) is 3.48. The van der Waals surface area contributed by atoms with Crippen LogP contribution in [0.4, 0.5) is 4.39 Å². The second-order valence-electron chi connectivity index (χ2n) is 6.26. The average molecular weight is 468 g/mol. The molecule has 0 aromatic heterocycles. The molecular formula is C17H30FIN4S. The van der Waals surface area contributed by atoms with Gasteiger partial charge in [-0.2, -0.15) is 0 Å². The SMILES string of the molecule is CN=C(NCCCSc1ccc(F)cc1)NCCNC(C)(C)C.I. The second-order valence-corrected chi connectivity index (χ2v) is 7.43. The van der Waals surface area contributed by atoms with E-state index < -0.39 is 0 Å². The molecule has 138 valence electrons. The van der Waals surface area contributed by atoms with Crippen molar-refractivity contribution >= 4 is 41.7 Å². The molecular weight excluding hydrogens is 438 g/mol.